The summed E-state index contributed by atoms with van der Waals surface area (Å²) in [6.07, 6.45) is 0.572. The third kappa shape index (κ3) is 4.00. The zero-order chi connectivity index (χ0) is 20.4. The number of carbonyl (C=O) groups excluding carboxylic acids is 1. The van der Waals surface area contributed by atoms with E-state index in [-0.39, 0.29) is 23.1 Å². The van der Waals surface area contributed by atoms with Gasteiger partial charge >= 0.3 is 0 Å². The third-order valence-corrected chi connectivity index (χ3v) is 3.94. The Morgan fingerprint density at radius 1 is 1.14 bits per heavy atom. The first kappa shape index (κ1) is 18.4. The number of carbonyl (C=O) groups is 1. The molecule has 0 saturated heterocycles. The Morgan fingerprint density at radius 2 is 2.00 bits per heavy atom. The summed E-state index contributed by atoms with van der Waals surface area (Å²) in [6.45, 7) is 1.39. The highest BCUT2D eigenvalue weighted by Gasteiger charge is 2.14. The van der Waals surface area contributed by atoms with E-state index in [2.05, 4.69) is 30.7 Å². The topological polar surface area (TPSA) is 97.1 Å². The van der Waals surface area contributed by atoms with Gasteiger partial charge < -0.3 is 10.6 Å². The Labute approximate surface area is 163 Å². The van der Waals surface area contributed by atoms with Crippen LogP contribution in [0.2, 0.25) is 0 Å². The summed E-state index contributed by atoms with van der Waals surface area (Å²) in [5, 5.41) is 10.1. The van der Waals surface area contributed by atoms with Gasteiger partial charge in [0.1, 0.15) is 22.7 Å². The first-order valence-corrected chi connectivity index (χ1v) is 8.61. The van der Waals surface area contributed by atoms with E-state index >= 15 is 0 Å². The number of nitrogens with one attached hydrogen (secondary N) is 2. The Balaban J connectivity index is 1.74. The highest BCUT2D eigenvalue weighted by molar-refractivity contribution is 5.88. The minimum atomic E-state index is -2.69. The minimum absolute atomic E-state index is 0.190. The van der Waals surface area contributed by atoms with E-state index in [1.165, 1.54) is 19.1 Å². The fourth-order valence-corrected chi connectivity index (χ4v) is 2.73. The van der Waals surface area contributed by atoms with Gasteiger partial charge in [-0.1, -0.05) is 6.07 Å². The van der Waals surface area contributed by atoms with E-state index in [0.717, 1.165) is 0 Å². The number of hydrogen-bond donors (Lipinski definition) is 2. The molecule has 146 valence electrons. The highest BCUT2D eigenvalue weighted by Crippen LogP contribution is 2.25. The molecular formula is C19H15F2N7O. The average Bonchev–Trinajstić information content (AvgIpc) is 3.17. The van der Waals surface area contributed by atoms with Gasteiger partial charge in [0, 0.05) is 31.1 Å². The maximum absolute atomic E-state index is 13.0. The fourth-order valence-electron chi connectivity index (χ4n) is 2.73. The van der Waals surface area contributed by atoms with Crippen LogP contribution in [0.3, 0.4) is 0 Å². The normalized spacial score (nSPS) is 11.0. The Bertz CT molecular complexity index is 1190. The highest BCUT2D eigenvalue weighted by atomic mass is 19.3. The number of amides is 1. The van der Waals surface area contributed by atoms with Gasteiger partial charge in [-0.2, -0.15) is 0 Å². The van der Waals surface area contributed by atoms with Crippen LogP contribution < -0.4 is 10.6 Å². The van der Waals surface area contributed by atoms with Crippen molar-refractivity contribution in [1.82, 2.24) is 24.6 Å². The van der Waals surface area contributed by atoms with E-state index in [4.69, 9.17) is 0 Å². The number of alkyl halides is 2. The summed E-state index contributed by atoms with van der Waals surface area (Å²) in [5.41, 5.74) is 1.19. The van der Waals surface area contributed by atoms with Crippen molar-refractivity contribution in [3.8, 4) is 11.5 Å². The van der Waals surface area contributed by atoms with Crippen molar-refractivity contribution in [3.05, 3.63) is 60.6 Å². The van der Waals surface area contributed by atoms with Crippen LogP contribution in [0, 0.1) is 0 Å². The van der Waals surface area contributed by atoms with Crippen LogP contribution in [0.4, 0.5) is 26.1 Å². The molecular weight excluding hydrogens is 380 g/mol. The quantitative estimate of drug-likeness (QED) is 0.533. The molecule has 0 atom stereocenters. The van der Waals surface area contributed by atoms with Crippen LogP contribution in [0.15, 0.2) is 54.9 Å². The van der Waals surface area contributed by atoms with Crippen LogP contribution in [0.25, 0.3) is 17.0 Å². The SMILES string of the molecule is CC(=O)Nc1cc(Nc2nc(-c3cccc(C(F)F)n3)nn3cccc23)ccn1. The molecule has 0 unspecified atom stereocenters. The van der Waals surface area contributed by atoms with Crippen molar-refractivity contribution >= 4 is 28.7 Å². The molecule has 0 saturated carbocycles. The second kappa shape index (κ2) is 7.58. The van der Waals surface area contributed by atoms with E-state index in [9.17, 15) is 13.6 Å². The van der Waals surface area contributed by atoms with Crippen molar-refractivity contribution < 1.29 is 13.6 Å². The molecule has 0 spiro atoms. The number of halogens is 2. The summed E-state index contributed by atoms with van der Waals surface area (Å²) in [6, 6.07) is 11.3. The minimum Gasteiger partial charge on any atom is -0.338 e. The molecule has 2 N–H and O–H groups in total. The molecule has 0 bridgehead atoms. The number of aromatic nitrogens is 5. The van der Waals surface area contributed by atoms with Gasteiger partial charge in [0.05, 0.1) is 0 Å². The smallest absolute Gasteiger partial charge is 0.280 e. The predicted octanol–water partition coefficient (Wildman–Crippen LogP) is 3.83. The van der Waals surface area contributed by atoms with Crippen molar-refractivity contribution in [1.29, 1.82) is 0 Å². The lowest BCUT2D eigenvalue weighted by molar-refractivity contribution is -0.114. The molecule has 1 amide bonds. The van der Waals surface area contributed by atoms with Gasteiger partial charge in [-0.05, 0) is 30.3 Å². The maximum atomic E-state index is 13.0. The molecule has 0 aromatic carbocycles. The summed E-state index contributed by atoms with van der Waals surface area (Å²) < 4.78 is 27.6. The Kier molecular flexibility index (Phi) is 4.82. The van der Waals surface area contributed by atoms with Crippen LogP contribution in [-0.4, -0.2) is 30.5 Å². The largest absolute Gasteiger partial charge is 0.338 e. The molecule has 29 heavy (non-hydrogen) atoms. The van der Waals surface area contributed by atoms with E-state index < -0.39 is 6.43 Å². The maximum Gasteiger partial charge on any atom is 0.280 e. The summed E-state index contributed by atoms with van der Waals surface area (Å²) in [5.74, 6) is 0.784. The number of hydrogen-bond acceptors (Lipinski definition) is 6. The number of pyridine rings is 2. The molecule has 8 nitrogen and oxygen atoms in total. The van der Waals surface area contributed by atoms with Crippen molar-refractivity contribution in [2.75, 3.05) is 10.6 Å². The summed E-state index contributed by atoms with van der Waals surface area (Å²) in [4.78, 5) is 23.7. The third-order valence-electron chi connectivity index (χ3n) is 3.94. The van der Waals surface area contributed by atoms with Gasteiger partial charge in [0.25, 0.3) is 6.43 Å². The molecule has 4 aromatic heterocycles. The van der Waals surface area contributed by atoms with Gasteiger partial charge in [0.15, 0.2) is 5.82 Å². The zero-order valence-electron chi connectivity index (χ0n) is 15.2. The molecule has 0 aliphatic carbocycles. The van der Waals surface area contributed by atoms with Crippen LogP contribution in [-0.2, 0) is 4.79 Å². The molecule has 4 rings (SSSR count). The number of rotatable bonds is 5. The number of fused-ring (bicyclic) bond motifs is 1. The number of nitrogens with zero attached hydrogens (tertiary/aromatic N) is 5. The molecule has 4 heterocycles. The first-order valence-electron chi connectivity index (χ1n) is 8.61. The van der Waals surface area contributed by atoms with Crippen molar-refractivity contribution in [2.24, 2.45) is 0 Å². The lowest BCUT2D eigenvalue weighted by Gasteiger charge is -2.11. The number of anilines is 3. The molecule has 0 radical (unpaired) electrons. The lowest BCUT2D eigenvalue weighted by Crippen LogP contribution is -2.08. The van der Waals surface area contributed by atoms with Gasteiger partial charge in [-0.15, -0.1) is 5.10 Å². The Hall–Kier alpha value is -3.95. The van der Waals surface area contributed by atoms with Crippen LogP contribution >= 0.6 is 0 Å². The molecule has 0 fully saturated rings. The molecule has 10 heteroatoms. The van der Waals surface area contributed by atoms with E-state index in [1.807, 2.05) is 6.07 Å². The van der Waals surface area contributed by atoms with Crippen molar-refractivity contribution in [2.45, 2.75) is 13.3 Å². The molecule has 0 aliphatic rings. The molecule has 0 aliphatic heterocycles. The van der Waals surface area contributed by atoms with Crippen molar-refractivity contribution in [3.63, 3.8) is 0 Å². The summed E-state index contributed by atoms with van der Waals surface area (Å²) in [7, 11) is 0. The summed E-state index contributed by atoms with van der Waals surface area (Å²) >= 11 is 0. The molecule has 4 aromatic rings. The van der Waals surface area contributed by atoms with Gasteiger partial charge in [-0.3, -0.25) is 4.79 Å². The predicted molar refractivity (Wildman–Crippen MR) is 103 cm³/mol. The van der Waals surface area contributed by atoms with Crippen LogP contribution in [0.5, 0.6) is 0 Å². The average molecular weight is 395 g/mol. The van der Waals surface area contributed by atoms with E-state index in [1.54, 1.807) is 41.2 Å². The Morgan fingerprint density at radius 3 is 2.79 bits per heavy atom. The van der Waals surface area contributed by atoms with E-state index in [0.29, 0.717) is 22.8 Å². The fraction of sp³-hybridized carbons (Fsp3) is 0.105. The van der Waals surface area contributed by atoms with Crippen LogP contribution in [0.1, 0.15) is 19.0 Å². The monoisotopic (exact) mass is 395 g/mol. The second-order valence-electron chi connectivity index (χ2n) is 6.11. The lowest BCUT2D eigenvalue weighted by atomic mass is 10.3. The van der Waals surface area contributed by atoms with Gasteiger partial charge in [-0.25, -0.2) is 28.2 Å². The second-order valence-corrected chi connectivity index (χ2v) is 6.11. The standard InChI is InChI=1S/C19H15F2N7O/c1-11(29)23-16-10-12(7-8-22-16)24-19-15-6-3-9-28(15)27-18(26-19)14-5-2-4-13(25-14)17(20)21/h2-10,17H,1H3,(H2,22,23,24,26,27,29). The van der Waals surface area contributed by atoms with Gasteiger partial charge in [0.2, 0.25) is 11.7 Å². The first-order chi connectivity index (χ1) is 14.0. The zero-order valence-corrected chi connectivity index (χ0v) is 15.2.